The van der Waals surface area contributed by atoms with Crippen molar-refractivity contribution in [3.63, 3.8) is 0 Å². The third kappa shape index (κ3) is 9.42. The molecule has 0 aliphatic heterocycles. The lowest BCUT2D eigenvalue weighted by Gasteiger charge is -2.30. The maximum atomic E-state index is 15.5. The van der Waals surface area contributed by atoms with Crippen molar-refractivity contribution in [1.82, 2.24) is 0 Å². The molecule has 0 atom stereocenters. The molecule has 0 aromatic heterocycles. The van der Waals surface area contributed by atoms with Crippen molar-refractivity contribution in [1.29, 1.82) is 0 Å². The average molecular weight is 1100 g/mol. The van der Waals surface area contributed by atoms with Crippen LogP contribution in [-0.4, -0.2) is 0 Å². The molecule has 32 heteroatoms. The van der Waals surface area contributed by atoms with Crippen molar-refractivity contribution < 1.29 is 132 Å². The quantitative estimate of drug-likeness (QED) is 0.116. The molecule has 2 nitrogen and oxygen atoms in total. The van der Waals surface area contributed by atoms with Crippen LogP contribution in [0.25, 0.3) is 11.1 Å². The summed E-state index contributed by atoms with van der Waals surface area (Å²) in [5, 5.41) is 0. The number of hydrogen-bond donors (Lipinski definition) is 0. The van der Waals surface area contributed by atoms with E-state index in [1.807, 2.05) is 0 Å². The van der Waals surface area contributed by atoms with E-state index in [0.717, 1.165) is 0 Å². The fourth-order valence-corrected chi connectivity index (χ4v) is 6.91. The predicted molar refractivity (Wildman–Crippen MR) is 186 cm³/mol. The van der Waals surface area contributed by atoms with E-state index in [1.165, 1.54) is 0 Å². The lowest BCUT2D eigenvalue weighted by molar-refractivity contribution is -0.144. The Balaban J connectivity index is 1.74. The molecule has 0 heterocycles. The third-order valence-electron chi connectivity index (χ3n) is 9.89. The maximum Gasteiger partial charge on any atom is 0.422 e. The molecular formula is C41H8F30N2. The molecule has 0 bridgehead atoms. The van der Waals surface area contributed by atoms with Gasteiger partial charge in [0.1, 0.15) is 33.9 Å². The SMILES string of the molecule is Fc1cc(F)c(F)c(N(c2ccc(-c3ccc(N(c4c(F)cc(C(F)(F)F)c(F)c4F)c4c(F)c(F)c(C(F)(F)F)c(F)c4F)cc3C(F)(F)F)c(C(F)(F)F)c2)c2c(F)c(F)c(C(F)(F)F)c(F)c2F)c1F. The summed E-state index contributed by atoms with van der Waals surface area (Å²) in [6.07, 6.45) is -31.8. The molecule has 0 fully saturated rings. The molecule has 0 saturated heterocycles. The highest BCUT2D eigenvalue weighted by Crippen LogP contribution is 2.53. The number of nitrogens with zero attached hydrogens (tertiary/aromatic N) is 2. The lowest BCUT2D eigenvalue weighted by Crippen LogP contribution is -2.24. The van der Waals surface area contributed by atoms with Crippen LogP contribution in [0.5, 0.6) is 0 Å². The Morgan fingerprint density at radius 3 is 0.836 bits per heavy atom. The zero-order valence-electron chi connectivity index (χ0n) is 33.4. The number of anilines is 6. The van der Waals surface area contributed by atoms with Gasteiger partial charge in [-0.05, 0) is 41.5 Å². The van der Waals surface area contributed by atoms with Crippen molar-refractivity contribution in [3.05, 3.63) is 164 Å². The Bertz CT molecular complexity index is 3150. The summed E-state index contributed by atoms with van der Waals surface area (Å²) in [6.45, 7) is 0. The third-order valence-corrected chi connectivity index (χ3v) is 9.89. The highest BCUT2D eigenvalue weighted by atomic mass is 19.4. The van der Waals surface area contributed by atoms with Crippen LogP contribution >= 0.6 is 0 Å². The first kappa shape index (κ1) is 55.1. The van der Waals surface area contributed by atoms with Gasteiger partial charge in [0.15, 0.2) is 87.3 Å². The van der Waals surface area contributed by atoms with Crippen LogP contribution < -0.4 is 9.80 Å². The molecule has 392 valence electrons. The summed E-state index contributed by atoms with van der Waals surface area (Å²) in [5.74, 6) is -49.3. The molecule has 0 unspecified atom stereocenters. The van der Waals surface area contributed by atoms with Gasteiger partial charge in [-0.1, -0.05) is 12.1 Å². The molecule has 6 aromatic rings. The largest absolute Gasteiger partial charge is 0.422 e. The van der Waals surface area contributed by atoms with Crippen LogP contribution in [0.4, 0.5) is 166 Å². The van der Waals surface area contributed by atoms with E-state index < -0.39 is 237 Å². The number of halogens is 30. The normalized spacial score (nSPS) is 12.8. The zero-order chi connectivity index (χ0) is 55.5. The molecule has 0 amide bonds. The fourth-order valence-electron chi connectivity index (χ4n) is 6.91. The van der Waals surface area contributed by atoms with Gasteiger partial charge >= 0.3 is 30.9 Å². The van der Waals surface area contributed by atoms with Crippen LogP contribution in [0.2, 0.25) is 0 Å². The summed E-state index contributed by atoms with van der Waals surface area (Å²) in [7, 11) is 0. The Labute approximate surface area is 381 Å². The average Bonchev–Trinajstić information content (AvgIpc) is 3.25. The molecule has 0 N–H and O–H groups in total. The number of benzene rings is 6. The van der Waals surface area contributed by atoms with Gasteiger partial charge in [0.25, 0.3) is 0 Å². The van der Waals surface area contributed by atoms with Crippen LogP contribution in [-0.2, 0) is 30.9 Å². The van der Waals surface area contributed by atoms with Crippen molar-refractivity contribution in [2.75, 3.05) is 9.80 Å². The zero-order valence-corrected chi connectivity index (χ0v) is 33.4. The Morgan fingerprint density at radius 2 is 0.534 bits per heavy atom. The topological polar surface area (TPSA) is 6.48 Å². The van der Waals surface area contributed by atoms with Gasteiger partial charge in [0, 0.05) is 17.4 Å². The summed E-state index contributed by atoms with van der Waals surface area (Å²) >= 11 is 0. The number of rotatable bonds is 7. The maximum absolute atomic E-state index is 15.5. The van der Waals surface area contributed by atoms with Crippen molar-refractivity contribution in [2.45, 2.75) is 30.9 Å². The smallest absolute Gasteiger partial charge is 0.300 e. The van der Waals surface area contributed by atoms with E-state index in [9.17, 15) is 96.6 Å². The predicted octanol–water partition coefficient (Wildman–Crippen LogP) is 17.5. The molecular weight excluding hydrogens is 1090 g/mol. The van der Waals surface area contributed by atoms with Crippen LogP contribution in [0.3, 0.4) is 0 Å². The van der Waals surface area contributed by atoms with Gasteiger partial charge in [-0.3, -0.25) is 9.80 Å². The molecule has 0 spiro atoms. The minimum absolute atomic E-state index is 0.326. The van der Waals surface area contributed by atoms with Crippen LogP contribution in [0.1, 0.15) is 27.8 Å². The Morgan fingerprint density at radius 1 is 0.247 bits per heavy atom. The van der Waals surface area contributed by atoms with Gasteiger partial charge < -0.3 is 0 Å². The molecule has 0 aliphatic rings. The van der Waals surface area contributed by atoms with Crippen molar-refractivity contribution >= 4 is 34.1 Å². The number of hydrogen-bond acceptors (Lipinski definition) is 2. The van der Waals surface area contributed by atoms with Gasteiger partial charge in [0.05, 0.1) is 16.7 Å². The number of alkyl halides is 15. The van der Waals surface area contributed by atoms with Gasteiger partial charge in [-0.25, -0.2) is 65.9 Å². The molecule has 0 saturated carbocycles. The first-order chi connectivity index (χ1) is 33.2. The standard InChI is InChI=1S/C41H8F30N2/c42-16-8-17(43)23(47)34(22(16)46)73(36-31(55)26(50)20(41(69,70)71)27(51)32(36)56)10-2-4-12(14(6-10)38(60,61)62)11-3-1-9(5-13(11)37(57,58)59)72(33-18(44)7-15(39(63,64)65)21(45)28(33)52)35-29(53)24(48)19(40(66,67)68)25(49)30(35)54/h1-8H. The van der Waals surface area contributed by atoms with Crippen molar-refractivity contribution in [3.8, 4) is 11.1 Å². The van der Waals surface area contributed by atoms with E-state index in [2.05, 4.69) is 0 Å². The first-order valence-corrected chi connectivity index (χ1v) is 18.1. The highest BCUT2D eigenvalue weighted by molar-refractivity contribution is 5.85. The highest BCUT2D eigenvalue weighted by Gasteiger charge is 2.48. The molecule has 0 aliphatic carbocycles. The minimum atomic E-state index is -6.47. The van der Waals surface area contributed by atoms with Crippen LogP contribution in [0.15, 0.2) is 48.5 Å². The molecule has 0 radical (unpaired) electrons. The van der Waals surface area contributed by atoms with E-state index >= 15 is 35.1 Å². The van der Waals surface area contributed by atoms with Gasteiger partial charge in [-0.15, -0.1) is 0 Å². The summed E-state index contributed by atoms with van der Waals surface area (Å²) < 4.78 is 438. The van der Waals surface area contributed by atoms with Gasteiger partial charge in [0.2, 0.25) is 0 Å². The summed E-state index contributed by atoms with van der Waals surface area (Å²) in [4.78, 5) is -2.64. The second kappa shape index (κ2) is 18.1. The van der Waals surface area contributed by atoms with E-state index in [1.54, 1.807) is 0 Å². The molecule has 6 aromatic carbocycles. The van der Waals surface area contributed by atoms with Crippen LogP contribution in [0, 0.1) is 87.3 Å². The second-order valence-electron chi connectivity index (χ2n) is 14.3. The monoisotopic (exact) mass is 1100 g/mol. The minimum Gasteiger partial charge on any atom is -0.300 e. The van der Waals surface area contributed by atoms with E-state index in [-0.39, 0.29) is 12.1 Å². The lowest BCUT2D eigenvalue weighted by atomic mass is 9.93. The summed E-state index contributed by atoms with van der Waals surface area (Å²) in [6, 6.07) is -5.09. The van der Waals surface area contributed by atoms with Gasteiger partial charge in [-0.2, -0.15) is 65.9 Å². The van der Waals surface area contributed by atoms with E-state index in [0.29, 0.717) is 0 Å². The molecule has 6 rings (SSSR count). The Hall–Kier alpha value is -7.18. The first-order valence-electron chi connectivity index (χ1n) is 18.1. The molecule has 73 heavy (non-hydrogen) atoms. The van der Waals surface area contributed by atoms with E-state index in [4.69, 9.17) is 0 Å². The van der Waals surface area contributed by atoms with Crippen molar-refractivity contribution in [2.24, 2.45) is 0 Å². The Kier molecular flexibility index (Phi) is 13.7. The fraction of sp³-hybridized carbons (Fsp3) is 0.122. The second-order valence-corrected chi connectivity index (χ2v) is 14.3. The summed E-state index contributed by atoms with van der Waals surface area (Å²) in [5.41, 5.74) is -35.8.